The van der Waals surface area contributed by atoms with Gasteiger partial charge >= 0.3 is 5.97 Å². The number of ether oxygens (including phenoxy) is 1. The van der Waals surface area contributed by atoms with Crippen LogP contribution >= 0.6 is 0 Å². The van der Waals surface area contributed by atoms with Gasteiger partial charge in [-0.15, -0.1) is 6.58 Å². The van der Waals surface area contributed by atoms with Gasteiger partial charge in [-0.25, -0.2) is 4.79 Å². The van der Waals surface area contributed by atoms with Crippen molar-refractivity contribution in [2.75, 3.05) is 0 Å². The Kier molecular flexibility index (Phi) is 13.8. The molecule has 0 spiro atoms. The molecule has 238 valence electrons. The highest BCUT2D eigenvalue weighted by Crippen LogP contribution is 2.19. The van der Waals surface area contributed by atoms with Gasteiger partial charge in [0.1, 0.15) is 37.6 Å². The molecule has 3 heterocycles. The topological polar surface area (TPSA) is 218 Å². The number of carboxylic acids is 1. The van der Waals surface area contributed by atoms with Crippen molar-refractivity contribution in [3.8, 4) is 17.2 Å². The van der Waals surface area contributed by atoms with Crippen LogP contribution < -0.4 is 21.0 Å². The number of aryl methyl sites for hydroxylation is 1. The fourth-order valence-electron chi connectivity index (χ4n) is 3.31. The van der Waals surface area contributed by atoms with Gasteiger partial charge in [-0.05, 0) is 25.5 Å². The number of benzene rings is 1. The molecule has 1 aromatic carbocycles. The third-order valence-corrected chi connectivity index (χ3v) is 5.51. The number of allylic oxidation sites excluding steroid dienone is 2. The molecule has 0 aliphatic carbocycles. The van der Waals surface area contributed by atoms with E-state index < -0.39 is 39.5 Å². The molecule has 4 aromatic rings. The number of hydrogen-bond donors (Lipinski definition) is 5. The standard InChI is InChI=1S/C17H16O5.C9H10O4.C6H6O4/c1-3-4-14-16(13(18)9-15(22-14)17(19)20)21-10-12-7-5-11(2)6-8-12;1-2-3-8-9(12)7(11)4-6(5-10)13-8;7-2-4-1-5(8)6(9)3-10-4/h3-9H,10H2,1-2H3,(H,19,20);2,4,10,12H,1,3,5H2;1,3,7,9H,2H2/b4-3+;;. The summed E-state index contributed by atoms with van der Waals surface area (Å²) in [4.78, 5) is 44.6. The summed E-state index contributed by atoms with van der Waals surface area (Å²) in [6.07, 6.45) is 5.79. The van der Waals surface area contributed by atoms with Crippen LogP contribution in [0.5, 0.6) is 17.2 Å². The maximum Gasteiger partial charge on any atom is 0.371 e. The summed E-state index contributed by atoms with van der Waals surface area (Å²) in [5.74, 6) is -2.07. The zero-order chi connectivity index (χ0) is 33.5. The van der Waals surface area contributed by atoms with E-state index in [-0.39, 0.29) is 55.0 Å². The highest BCUT2D eigenvalue weighted by atomic mass is 16.5. The molecule has 0 unspecified atom stereocenters. The summed E-state index contributed by atoms with van der Waals surface area (Å²) < 4.78 is 20.3. The van der Waals surface area contributed by atoms with E-state index in [0.29, 0.717) is 0 Å². The molecule has 0 saturated carbocycles. The van der Waals surface area contributed by atoms with E-state index in [1.807, 2.05) is 31.2 Å². The number of carbonyl (C=O) groups is 1. The number of hydrogen-bond acceptors (Lipinski definition) is 12. The van der Waals surface area contributed by atoms with Gasteiger partial charge in [-0.1, -0.05) is 42.0 Å². The first-order valence-corrected chi connectivity index (χ1v) is 13.1. The van der Waals surface area contributed by atoms with E-state index in [9.17, 15) is 24.3 Å². The molecule has 3 aromatic heterocycles. The molecule has 4 rings (SSSR count). The van der Waals surface area contributed by atoms with Crippen molar-refractivity contribution in [1.29, 1.82) is 0 Å². The Morgan fingerprint density at radius 1 is 0.933 bits per heavy atom. The van der Waals surface area contributed by atoms with Crippen LogP contribution in [-0.4, -0.2) is 31.5 Å². The van der Waals surface area contributed by atoms with Gasteiger partial charge in [0.15, 0.2) is 17.3 Å². The second kappa shape index (κ2) is 17.5. The molecule has 13 heteroatoms. The molecule has 0 aliphatic rings. The van der Waals surface area contributed by atoms with Crippen molar-refractivity contribution in [2.45, 2.75) is 40.1 Å². The Labute approximate surface area is 255 Å². The van der Waals surface area contributed by atoms with Crippen molar-refractivity contribution in [3.05, 3.63) is 138 Å². The van der Waals surface area contributed by atoms with Crippen molar-refractivity contribution >= 4 is 12.0 Å². The molecule has 0 aliphatic heterocycles. The van der Waals surface area contributed by atoms with Gasteiger partial charge in [0, 0.05) is 24.6 Å². The first kappa shape index (κ1) is 35.5. The maximum atomic E-state index is 12.0. The predicted octanol–water partition coefficient (Wildman–Crippen LogP) is 3.66. The van der Waals surface area contributed by atoms with Crippen LogP contribution in [0.25, 0.3) is 6.08 Å². The molecular formula is C32H32O13. The van der Waals surface area contributed by atoms with Crippen molar-refractivity contribution in [1.82, 2.24) is 0 Å². The van der Waals surface area contributed by atoms with Crippen LogP contribution in [0.2, 0.25) is 0 Å². The highest BCUT2D eigenvalue weighted by molar-refractivity contribution is 5.84. The number of rotatable bonds is 9. The van der Waals surface area contributed by atoms with E-state index in [1.54, 1.807) is 13.0 Å². The van der Waals surface area contributed by atoms with E-state index in [1.165, 1.54) is 12.2 Å². The Balaban J connectivity index is 0.000000259. The minimum atomic E-state index is -1.30. The molecule has 0 saturated heterocycles. The maximum absolute atomic E-state index is 12.0. The molecule has 5 N–H and O–H groups in total. The molecule has 45 heavy (non-hydrogen) atoms. The molecule has 0 atom stereocenters. The molecule has 0 amide bonds. The third-order valence-electron chi connectivity index (χ3n) is 5.51. The summed E-state index contributed by atoms with van der Waals surface area (Å²) >= 11 is 0. The van der Waals surface area contributed by atoms with Crippen molar-refractivity contribution in [2.24, 2.45) is 0 Å². The molecule has 13 nitrogen and oxygen atoms in total. The summed E-state index contributed by atoms with van der Waals surface area (Å²) in [5, 5.41) is 43.9. The predicted molar refractivity (Wildman–Crippen MR) is 161 cm³/mol. The minimum Gasteiger partial charge on any atom is -0.502 e. The first-order chi connectivity index (χ1) is 21.4. The number of aromatic hydroxyl groups is 2. The third kappa shape index (κ3) is 10.8. The smallest absolute Gasteiger partial charge is 0.371 e. The lowest BCUT2D eigenvalue weighted by Crippen LogP contribution is -2.12. The molecular weight excluding hydrogens is 592 g/mol. The summed E-state index contributed by atoms with van der Waals surface area (Å²) in [5.41, 5.74) is 0.411. The Hall–Kier alpha value is -5.66. The lowest BCUT2D eigenvalue weighted by Gasteiger charge is -2.08. The molecule has 0 radical (unpaired) electrons. The largest absolute Gasteiger partial charge is 0.502 e. The average molecular weight is 625 g/mol. The van der Waals surface area contributed by atoms with Gasteiger partial charge < -0.3 is 43.5 Å². The van der Waals surface area contributed by atoms with Crippen LogP contribution in [0.15, 0.2) is 95.1 Å². The van der Waals surface area contributed by atoms with Gasteiger partial charge in [0.05, 0.1) is 0 Å². The first-order valence-electron chi connectivity index (χ1n) is 13.1. The monoisotopic (exact) mass is 624 g/mol. The van der Waals surface area contributed by atoms with Crippen LogP contribution in [0, 0.1) is 6.92 Å². The second-order valence-electron chi connectivity index (χ2n) is 9.00. The quantitative estimate of drug-likeness (QED) is 0.168. The zero-order valence-electron chi connectivity index (χ0n) is 24.4. The lowest BCUT2D eigenvalue weighted by atomic mass is 10.2. The molecule has 0 fully saturated rings. The normalized spacial score (nSPS) is 10.3. The fraction of sp³-hybridized carbons (Fsp3) is 0.188. The number of carboxylic acid groups (broad SMARTS) is 1. The SMILES string of the molecule is C/C=C/c1oc(C(=O)O)cc(=O)c1OCc1ccc(C)cc1.C=CCc1oc(CO)cc(=O)c1O.O=c1cc(CO)occ1O. The van der Waals surface area contributed by atoms with Gasteiger partial charge in [0.2, 0.25) is 33.5 Å². The van der Waals surface area contributed by atoms with Crippen molar-refractivity contribution in [3.63, 3.8) is 0 Å². The Bertz CT molecular complexity index is 1790. The van der Waals surface area contributed by atoms with E-state index in [2.05, 4.69) is 11.0 Å². The fourth-order valence-corrected chi connectivity index (χ4v) is 3.31. The summed E-state index contributed by atoms with van der Waals surface area (Å²) in [6.45, 7) is 6.66. The van der Waals surface area contributed by atoms with E-state index >= 15 is 0 Å². The van der Waals surface area contributed by atoms with Gasteiger partial charge in [0.25, 0.3) is 0 Å². The number of aromatic carboxylic acids is 1. The lowest BCUT2D eigenvalue weighted by molar-refractivity contribution is 0.0657. The summed E-state index contributed by atoms with van der Waals surface area (Å²) in [7, 11) is 0. The van der Waals surface area contributed by atoms with Crippen LogP contribution in [-0.2, 0) is 26.2 Å². The van der Waals surface area contributed by atoms with Crippen molar-refractivity contribution < 1.29 is 48.3 Å². The highest BCUT2D eigenvalue weighted by Gasteiger charge is 2.16. The minimum absolute atomic E-state index is 0.00340. The Morgan fingerprint density at radius 2 is 1.58 bits per heavy atom. The zero-order valence-corrected chi connectivity index (χ0v) is 24.4. The van der Waals surface area contributed by atoms with Crippen LogP contribution in [0.4, 0.5) is 0 Å². The van der Waals surface area contributed by atoms with Crippen LogP contribution in [0.3, 0.4) is 0 Å². The summed E-state index contributed by atoms with van der Waals surface area (Å²) in [6, 6.07) is 10.7. The average Bonchev–Trinajstić information content (AvgIpc) is 3.02. The second-order valence-corrected chi connectivity index (χ2v) is 9.00. The number of aliphatic hydroxyl groups excluding tert-OH is 2. The molecule has 0 bridgehead atoms. The van der Waals surface area contributed by atoms with Gasteiger partial charge in [-0.2, -0.15) is 0 Å². The van der Waals surface area contributed by atoms with E-state index in [4.69, 9.17) is 34.0 Å². The Morgan fingerprint density at radius 3 is 2.13 bits per heavy atom. The van der Waals surface area contributed by atoms with Gasteiger partial charge in [-0.3, -0.25) is 14.4 Å². The van der Waals surface area contributed by atoms with E-state index in [0.717, 1.165) is 35.6 Å². The number of aliphatic hydroxyl groups is 2. The van der Waals surface area contributed by atoms with Crippen LogP contribution in [0.1, 0.15) is 51.6 Å².